The molecule has 0 amide bonds. The highest BCUT2D eigenvalue weighted by atomic mass is 28.4. The summed E-state index contributed by atoms with van der Waals surface area (Å²) >= 11 is 0. The number of hydrogen-bond acceptors (Lipinski definition) is 5. The summed E-state index contributed by atoms with van der Waals surface area (Å²) < 4.78 is 24.6. The standard InChI is InChI=1S/C26H38O5Si/c1-7-11-22-23(27)16-25(18-30-32(5,6)24(2,3)4)14-15-26(22,31-25)19-29-20-28-17-21-12-9-8-10-13-21/h7-10,12-15,22H,1,11,16-20H2,2-6H3/t22-,25+,26+/m1/s1. The topological polar surface area (TPSA) is 54.0 Å². The predicted octanol–water partition coefficient (Wildman–Crippen LogP) is 5.43. The van der Waals surface area contributed by atoms with Gasteiger partial charge in [-0.05, 0) is 30.1 Å². The molecule has 32 heavy (non-hydrogen) atoms. The molecule has 0 aromatic heterocycles. The number of fused-ring (bicyclic) bond motifs is 2. The third-order valence-electron chi connectivity index (χ3n) is 7.01. The largest absolute Gasteiger partial charge is 0.414 e. The highest BCUT2D eigenvalue weighted by Gasteiger charge is 2.57. The van der Waals surface area contributed by atoms with Gasteiger partial charge in [0.05, 0.1) is 25.7 Å². The van der Waals surface area contributed by atoms with Crippen LogP contribution in [0.15, 0.2) is 55.1 Å². The number of Topliss-reactive ketones (excluding diaryl/α,β-unsaturated/α-hetero) is 1. The van der Waals surface area contributed by atoms with Gasteiger partial charge in [0.15, 0.2) is 8.32 Å². The Labute approximate surface area is 193 Å². The summed E-state index contributed by atoms with van der Waals surface area (Å²) in [6.07, 6.45) is 6.69. The van der Waals surface area contributed by atoms with E-state index >= 15 is 0 Å². The number of hydrogen-bond donors (Lipinski definition) is 0. The molecular weight excluding hydrogens is 420 g/mol. The molecule has 2 aliphatic heterocycles. The molecule has 0 saturated carbocycles. The van der Waals surface area contributed by atoms with Crippen molar-refractivity contribution in [2.75, 3.05) is 20.0 Å². The van der Waals surface area contributed by atoms with Gasteiger partial charge in [-0.15, -0.1) is 6.58 Å². The van der Waals surface area contributed by atoms with Crippen molar-refractivity contribution >= 4 is 14.1 Å². The van der Waals surface area contributed by atoms with Crippen molar-refractivity contribution < 1.29 is 23.4 Å². The molecule has 0 N–H and O–H groups in total. The van der Waals surface area contributed by atoms with Crippen LogP contribution in [0.25, 0.3) is 0 Å². The van der Waals surface area contributed by atoms with Gasteiger partial charge in [0, 0.05) is 6.42 Å². The minimum atomic E-state index is -1.97. The quantitative estimate of drug-likeness (QED) is 0.192. The zero-order valence-electron chi connectivity index (χ0n) is 20.2. The molecule has 1 aromatic carbocycles. The van der Waals surface area contributed by atoms with Crippen molar-refractivity contribution in [3.63, 3.8) is 0 Å². The molecule has 176 valence electrons. The molecule has 3 rings (SSSR count). The zero-order valence-corrected chi connectivity index (χ0v) is 21.2. The fourth-order valence-electron chi connectivity index (χ4n) is 4.03. The Bertz CT molecular complexity index is 828. The van der Waals surface area contributed by atoms with Crippen molar-refractivity contribution in [3.8, 4) is 0 Å². The first-order valence-electron chi connectivity index (χ1n) is 11.4. The second-order valence-corrected chi connectivity index (χ2v) is 15.3. The minimum absolute atomic E-state index is 0.0896. The monoisotopic (exact) mass is 458 g/mol. The van der Waals surface area contributed by atoms with Crippen LogP contribution in [0.3, 0.4) is 0 Å². The molecule has 1 saturated heterocycles. The van der Waals surface area contributed by atoms with Gasteiger partial charge in [0.1, 0.15) is 23.8 Å². The normalized spacial score (nSPS) is 27.7. The second-order valence-electron chi connectivity index (χ2n) is 10.5. The molecule has 2 aliphatic rings. The maximum Gasteiger partial charge on any atom is 0.192 e. The van der Waals surface area contributed by atoms with Gasteiger partial charge in [-0.1, -0.05) is 69.3 Å². The Morgan fingerprint density at radius 2 is 1.88 bits per heavy atom. The Morgan fingerprint density at radius 1 is 1.16 bits per heavy atom. The lowest BCUT2D eigenvalue weighted by atomic mass is 9.78. The Balaban J connectivity index is 1.64. The van der Waals surface area contributed by atoms with Crippen molar-refractivity contribution in [1.82, 2.24) is 0 Å². The van der Waals surface area contributed by atoms with Crippen LogP contribution in [0.2, 0.25) is 18.1 Å². The Morgan fingerprint density at radius 3 is 2.53 bits per heavy atom. The second kappa shape index (κ2) is 9.73. The van der Waals surface area contributed by atoms with Gasteiger partial charge in [0.2, 0.25) is 0 Å². The molecule has 6 heteroatoms. The average Bonchev–Trinajstić information content (AvgIpc) is 3.05. The summed E-state index contributed by atoms with van der Waals surface area (Å²) in [5.41, 5.74) is -0.444. The van der Waals surface area contributed by atoms with Crippen LogP contribution in [0.1, 0.15) is 39.2 Å². The molecule has 2 bridgehead atoms. The number of carbonyl (C=O) groups is 1. The minimum Gasteiger partial charge on any atom is -0.414 e. The van der Waals surface area contributed by atoms with Crippen molar-refractivity contribution in [2.24, 2.45) is 5.92 Å². The lowest BCUT2D eigenvalue weighted by molar-refractivity contribution is -0.202. The molecule has 1 fully saturated rings. The molecular formula is C26H38O5Si. The van der Waals surface area contributed by atoms with Gasteiger partial charge in [-0.2, -0.15) is 0 Å². The first-order valence-corrected chi connectivity index (χ1v) is 14.3. The van der Waals surface area contributed by atoms with Gasteiger partial charge < -0.3 is 18.6 Å². The first kappa shape index (κ1) is 25.1. The summed E-state index contributed by atoms with van der Waals surface area (Å²) in [6.45, 7) is 16.2. The Kier molecular flexibility index (Phi) is 7.62. The molecule has 0 spiro atoms. The fourth-order valence-corrected chi connectivity index (χ4v) is 5.07. The highest BCUT2D eigenvalue weighted by molar-refractivity contribution is 6.74. The van der Waals surface area contributed by atoms with Crippen LogP contribution in [0.4, 0.5) is 0 Å². The molecule has 2 heterocycles. The van der Waals surface area contributed by atoms with E-state index in [1.54, 1.807) is 6.08 Å². The molecule has 0 unspecified atom stereocenters. The highest BCUT2D eigenvalue weighted by Crippen LogP contribution is 2.47. The van der Waals surface area contributed by atoms with Crippen LogP contribution in [-0.4, -0.2) is 45.3 Å². The molecule has 1 aromatic rings. The average molecular weight is 459 g/mol. The number of allylic oxidation sites excluding steroid dienone is 1. The summed E-state index contributed by atoms with van der Waals surface area (Å²) in [4.78, 5) is 13.2. The van der Waals surface area contributed by atoms with Crippen molar-refractivity contribution in [2.45, 2.75) is 69.6 Å². The van der Waals surface area contributed by atoms with E-state index < -0.39 is 19.5 Å². The van der Waals surface area contributed by atoms with Gasteiger partial charge in [-0.25, -0.2) is 0 Å². The molecule has 0 radical (unpaired) electrons. The van der Waals surface area contributed by atoms with E-state index in [9.17, 15) is 4.79 Å². The third kappa shape index (κ3) is 5.49. The van der Waals surface area contributed by atoms with Crippen LogP contribution in [-0.2, 0) is 30.0 Å². The third-order valence-corrected chi connectivity index (χ3v) is 11.5. The van der Waals surface area contributed by atoms with E-state index in [2.05, 4.69) is 40.4 Å². The number of rotatable bonds is 11. The van der Waals surface area contributed by atoms with Crippen molar-refractivity contribution in [3.05, 3.63) is 60.7 Å². The van der Waals surface area contributed by atoms with Gasteiger partial charge in [0.25, 0.3) is 0 Å². The van der Waals surface area contributed by atoms with Gasteiger partial charge >= 0.3 is 0 Å². The van der Waals surface area contributed by atoms with Gasteiger partial charge in [-0.3, -0.25) is 4.79 Å². The summed E-state index contributed by atoms with van der Waals surface area (Å²) in [6, 6.07) is 9.96. The van der Waals surface area contributed by atoms with Crippen LogP contribution in [0, 0.1) is 5.92 Å². The van der Waals surface area contributed by atoms with Crippen LogP contribution in [0.5, 0.6) is 0 Å². The predicted molar refractivity (Wildman–Crippen MR) is 129 cm³/mol. The molecule has 3 atom stereocenters. The first-order chi connectivity index (χ1) is 15.0. The van der Waals surface area contributed by atoms with E-state index in [0.29, 0.717) is 26.1 Å². The van der Waals surface area contributed by atoms with Crippen LogP contribution < -0.4 is 0 Å². The summed E-state index contributed by atoms with van der Waals surface area (Å²) in [7, 11) is -1.97. The van der Waals surface area contributed by atoms with Crippen LogP contribution >= 0.6 is 0 Å². The van der Waals surface area contributed by atoms with E-state index in [0.717, 1.165) is 5.56 Å². The Hall–Kier alpha value is -1.57. The molecule has 0 aliphatic carbocycles. The SMILES string of the molecule is C=CC[C@@H]1C(=O)C[C@]2(CO[Si](C)(C)C(C)(C)C)C=C[C@@]1(COCOCc1ccccc1)O2. The molecule has 5 nitrogen and oxygen atoms in total. The van der Waals surface area contributed by atoms with E-state index in [4.69, 9.17) is 18.6 Å². The van der Waals surface area contributed by atoms with Crippen molar-refractivity contribution in [1.29, 1.82) is 0 Å². The fraction of sp³-hybridized carbons (Fsp3) is 0.577. The summed E-state index contributed by atoms with van der Waals surface area (Å²) in [5.74, 6) is -0.136. The maximum absolute atomic E-state index is 13.2. The smallest absolute Gasteiger partial charge is 0.192 e. The van der Waals surface area contributed by atoms with E-state index in [1.807, 2.05) is 42.5 Å². The number of benzene rings is 1. The number of carbonyl (C=O) groups excluding carboxylic acids is 1. The number of ether oxygens (including phenoxy) is 3. The number of ketones is 1. The van der Waals surface area contributed by atoms with E-state index in [-0.39, 0.29) is 30.1 Å². The lowest BCUT2D eigenvalue weighted by Crippen LogP contribution is -2.57. The zero-order chi connectivity index (χ0) is 23.5. The lowest BCUT2D eigenvalue weighted by Gasteiger charge is -2.46. The maximum atomic E-state index is 13.2. The summed E-state index contributed by atoms with van der Waals surface area (Å²) in [5, 5.41) is 0.0896. The van der Waals surface area contributed by atoms with E-state index in [1.165, 1.54) is 0 Å².